The van der Waals surface area contributed by atoms with Crippen molar-refractivity contribution in [2.24, 2.45) is 23.2 Å². The molecule has 0 spiro atoms. The van der Waals surface area contributed by atoms with Crippen LogP contribution in [0.4, 0.5) is 13.2 Å². The largest absolute Gasteiger partial charge is 0.522 e. The first-order chi connectivity index (χ1) is 16.7. The van der Waals surface area contributed by atoms with E-state index < -0.39 is 40.0 Å². The predicted molar refractivity (Wildman–Crippen MR) is 123 cm³/mol. The Balaban J connectivity index is 0.000000392. The van der Waals surface area contributed by atoms with E-state index in [9.17, 15) is 33.6 Å². The second kappa shape index (κ2) is 12.1. The van der Waals surface area contributed by atoms with Gasteiger partial charge in [0.25, 0.3) is 0 Å². The Labute approximate surface area is 210 Å². The minimum absolute atomic E-state index is 0.209. The van der Waals surface area contributed by atoms with Gasteiger partial charge < -0.3 is 25.2 Å². The van der Waals surface area contributed by atoms with Gasteiger partial charge in [0, 0.05) is 13.2 Å². The second-order valence-corrected chi connectivity index (χ2v) is 12.7. The number of alkyl halides is 3. The topological polar surface area (TPSA) is 148 Å². The molecule has 0 aromatic heterocycles. The number of nitrogens with zero attached hydrogens (tertiary/aromatic N) is 1. The Bertz CT molecular complexity index is 776. The zero-order valence-corrected chi connectivity index (χ0v) is 21.2. The number of hydrogen-bond donors (Lipinski definition) is 5. The molecule has 0 unspecified atom stereocenters. The number of aliphatic hydroxyl groups is 4. The molecule has 0 aromatic carbocycles. The van der Waals surface area contributed by atoms with Crippen molar-refractivity contribution in [1.29, 1.82) is 0 Å². The van der Waals surface area contributed by atoms with Gasteiger partial charge in [-0.15, -0.1) is 0 Å². The molecule has 1 saturated heterocycles. The van der Waals surface area contributed by atoms with Crippen LogP contribution in [0.3, 0.4) is 0 Å². The molecule has 0 aromatic rings. The molecule has 0 amide bonds. The van der Waals surface area contributed by atoms with Crippen molar-refractivity contribution in [3.8, 4) is 0 Å². The van der Waals surface area contributed by atoms with E-state index in [4.69, 9.17) is 17.7 Å². The molecule has 5 rings (SSSR count). The molecule has 36 heavy (non-hydrogen) atoms. The average Bonchev–Trinajstić information content (AvgIpc) is 2.75. The third kappa shape index (κ3) is 7.52. The van der Waals surface area contributed by atoms with Crippen LogP contribution in [0.25, 0.3) is 0 Å². The number of unbranched alkanes of at least 4 members (excludes halogenated alkanes) is 2. The minimum atomic E-state index is -5.84. The molecule has 4 atom stereocenters. The number of aliphatic hydroxyl groups excluding tert-OH is 4. The number of halogens is 3. The summed E-state index contributed by atoms with van der Waals surface area (Å²) >= 11 is 0. The Morgan fingerprint density at radius 3 is 1.92 bits per heavy atom. The van der Waals surface area contributed by atoms with E-state index >= 15 is 0 Å². The third-order valence-corrected chi connectivity index (χ3v) is 8.90. The van der Waals surface area contributed by atoms with Crippen LogP contribution in [-0.2, 0) is 14.9 Å². The van der Waals surface area contributed by atoms with E-state index in [1.807, 2.05) is 4.90 Å². The molecule has 4 bridgehead atoms. The summed E-state index contributed by atoms with van der Waals surface area (Å²) in [6.45, 7) is 2.56. The van der Waals surface area contributed by atoms with Crippen molar-refractivity contribution < 1.29 is 51.3 Å². The van der Waals surface area contributed by atoms with E-state index in [1.54, 1.807) is 0 Å². The summed E-state index contributed by atoms with van der Waals surface area (Å²) < 4.78 is 63.7. The molecule has 9 nitrogen and oxygen atoms in total. The lowest BCUT2D eigenvalue weighted by atomic mass is 9.50. The highest BCUT2D eigenvalue weighted by Crippen LogP contribution is 2.60. The fourth-order valence-electron chi connectivity index (χ4n) is 7.09. The van der Waals surface area contributed by atoms with Gasteiger partial charge in [0.15, 0.2) is 0 Å². The fraction of sp³-hybridized carbons (Fsp3) is 1.00. The van der Waals surface area contributed by atoms with Crippen molar-refractivity contribution in [3.05, 3.63) is 0 Å². The zero-order valence-electron chi connectivity index (χ0n) is 20.4. The van der Waals surface area contributed by atoms with Crippen molar-refractivity contribution in [2.75, 3.05) is 32.9 Å². The maximum atomic E-state index is 10.7. The molecule has 4 aliphatic carbocycles. The smallest absolute Gasteiger partial charge is 0.395 e. The highest BCUT2D eigenvalue weighted by atomic mass is 32.2. The Morgan fingerprint density at radius 2 is 1.44 bits per heavy atom. The van der Waals surface area contributed by atoms with E-state index in [2.05, 4.69) is 0 Å². The average molecular weight is 548 g/mol. The van der Waals surface area contributed by atoms with E-state index in [0.717, 1.165) is 50.2 Å². The van der Waals surface area contributed by atoms with Gasteiger partial charge in [0.1, 0.15) is 12.2 Å². The maximum absolute atomic E-state index is 10.7. The molecule has 1 aliphatic heterocycles. The van der Waals surface area contributed by atoms with Crippen molar-refractivity contribution >= 4 is 10.1 Å². The highest BCUT2D eigenvalue weighted by molar-refractivity contribution is 7.86. The van der Waals surface area contributed by atoms with Crippen LogP contribution in [0, 0.1) is 23.2 Å². The lowest BCUT2D eigenvalue weighted by Crippen LogP contribution is -2.62. The molecule has 5 aliphatic rings. The van der Waals surface area contributed by atoms with Crippen LogP contribution in [0.5, 0.6) is 0 Å². The lowest BCUT2D eigenvalue weighted by molar-refractivity contribution is -0.145. The molecular formula is C23H40F3NO8S. The van der Waals surface area contributed by atoms with E-state index in [-0.39, 0.29) is 6.61 Å². The summed E-state index contributed by atoms with van der Waals surface area (Å²) in [5, 5.41) is 39.2. The van der Waals surface area contributed by atoms with Crippen molar-refractivity contribution in [2.45, 2.75) is 87.6 Å². The first-order valence-corrected chi connectivity index (χ1v) is 14.2. The maximum Gasteiger partial charge on any atom is 0.522 e. The Morgan fingerprint density at radius 1 is 0.917 bits per heavy atom. The SMILES string of the molecule is O=S(=O)(O)C(F)(F)F.OC[C@H]1[C@H](O)[C@H](O)[C@@H](O)CN1CCCCCOCC12CC3CC(CC(C3)C1)C2. The van der Waals surface area contributed by atoms with Gasteiger partial charge in [-0.1, -0.05) is 0 Å². The molecule has 5 N–H and O–H groups in total. The molecule has 0 radical (unpaired) electrons. The normalized spacial score (nSPS) is 38.6. The summed E-state index contributed by atoms with van der Waals surface area (Å²) in [6, 6.07) is -0.495. The second-order valence-electron chi connectivity index (χ2n) is 11.2. The number of hydrogen-bond acceptors (Lipinski definition) is 8. The number of ether oxygens (including phenoxy) is 1. The van der Waals surface area contributed by atoms with Gasteiger partial charge in [-0.25, -0.2) is 0 Å². The predicted octanol–water partition coefficient (Wildman–Crippen LogP) is 1.54. The lowest BCUT2D eigenvalue weighted by Gasteiger charge is -2.56. The summed E-state index contributed by atoms with van der Waals surface area (Å²) in [5.41, 5.74) is -5.04. The standard InChI is InChI=1S/C22H39NO5.CHF3O3S/c24-13-18-20(26)21(27)19(25)12-23(18)4-2-1-3-5-28-14-22-9-15-6-16(10-22)8-17(7-15)11-22;2-1(3,4)8(5,6)7/h15-21,24-27H,1-14H2;(H,5,6,7)/t15?,16?,17?,18-,19-,20-,21+,22?;/m0./s1. The van der Waals surface area contributed by atoms with Crippen LogP contribution in [0.15, 0.2) is 0 Å². The van der Waals surface area contributed by atoms with Crippen molar-refractivity contribution in [3.63, 3.8) is 0 Å². The van der Waals surface area contributed by atoms with Gasteiger partial charge in [0.05, 0.1) is 25.4 Å². The van der Waals surface area contributed by atoms with Gasteiger partial charge in [0.2, 0.25) is 0 Å². The van der Waals surface area contributed by atoms with Gasteiger partial charge in [-0.2, -0.15) is 21.6 Å². The third-order valence-electron chi connectivity index (χ3n) is 8.32. The Kier molecular flexibility index (Phi) is 10.1. The quantitative estimate of drug-likeness (QED) is 0.165. The van der Waals surface area contributed by atoms with Gasteiger partial charge in [-0.05, 0) is 87.5 Å². The van der Waals surface area contributed by atoms with E-state index in [0.29, 0.717) is 18.5 Å². The summed E-state index contributed by atoms with van der Waals surface area (Å²) in [6.07, 6.45) is 8.38. The number of likely N-dealkylation sites (tertiary alicyclic amines) is 1. The minimum Gasteiger partial charge on any atom is -0.395 e. The van der Waals surface area contributed by atoms with E-state index in [1.165, 1.54) is 38.5 Å². The highest BCUT2D eigenvalue weighted by Gasteiger charge is 2.51. The number of piperidine rings is 1. The first-order valence-electron chi connectivity index (χ1n) is 12.8. The Hall–Kier alpha value is -0.540. The first kappa shape index (κ1) is 30.0. The number of β-amino-alcohol motifs (C(OH)–C–C–N with tert-alkyl or cyclic N) is 1. The molecule has 13 heteroatoms. The summed E-state index contributed by atoms with van der Waals surface area (Å²) in [4.78, 5) is 1.90. The summed E-state index contributed by atoms with van der Waals surface area (Å²) in [5.74, 6) is 2.93. The summed E-state index contributed by atoms with van der Waals surface area (Å²) in [7, 11) is -5.84. The molecular weight excluding hydrogens is 507 g/mol. The molecule has 212 valence electrons. The van der Waals surface area contributed by atoms with Crippen LogP contribution < -0.4 is 0 Å². The van der Waals surface area contributed by atoms with Crippen molar-refractivity contribution in [1.82, 2.24) is 4.90 Å². The molecule has 1 heterocycles. The van der Waals surface area contributed by atoms with Gasteiger partial charge >= 0.3 is 15.6 Å². The number of rotatable bonds is 9. The monoisotopic (exact) mass is 547 g/mol. The van der Waals surface area contributed by atoms with Gasteiger partial charge in [-0.3, -0.25) is 9.45 Å². The fourth-order valence-corrected chi connectivity index (χ4v) is 7.09. The molecule has 4 saturated carbocycles. The van der Waals surface area contributed by atoms with Crippen LogP contribution >= 0.6 is 0 Å². The zero-order chi connectivity index (χ0) is 26.7. The van der Waals surface area contributed by atoms with Crippen LogP contribution in [0.1, 0.15) is 57.8 Å². The van der Waals surface area contributed by atoms with Crippen LogP contribution in [0.2, 0.25) is 0 Å². The molecule has 5 fully saturated rings. The van der Waals surface area contributed by atoms with Crippen LogP contribution in [-0.4, -0.2) is 101 Å².